The second kappa shape index (κ2) is 6.19. The molecule has 1 aromatic heterocycles. The molecule has 8 nitrogen and oxygen atoms in total. The van der Waals surface area contributed by atoms with E-state index in [-0.39, 0.29) is 16.5 Å². The molecule has 2 heterocycles. The second-order valence-electron chi connectivity index (χ2n) is 5.52. The van der Waals surface area contributed by atoms with Gasteiger partial charge in [0, 0.05) is 32.4 Å². The van der Waals surface area contributed by atoms with Gasteiger partial charge in [-0.3, -0.25) is 4.79 Å². The highest BCUT2D eigenvalue weighted by Gasteiger charge is 2.25. The fraction of sp³-hybridized carbons (Fsp3) is 0.357. The molecule has 24 heavy (non-hydrogen) atoms. The maximum absolute atomic E-state index is 14.2. The van der Waals surface area contributed by atoms with Crippen molar-refractivity contribution in [3.05, 3.63) is 35.9 Å². The number of hydrogen-bond donors (Lipinski definition) is 1. The summed E-state index contributed by atoms with van der Waals surface area (Å²) in [5, 5.41) is 9.76. The van der Waals surface area contributed by atoms with Gasteiger partial charge < -0.3 is 9.80 Å². The van der Waals surface area contributed by atoms with Crippen LogP contribution in [0.2, 0.25) is 0 Å². The minimum Gasteiger partial charge on any atom is -0.366 e. The summed E-state index contributed by atoms with van der Waals surface area (Å²) in [6.45, 7) is 1.72. The van der Waals surface area contributed by atoms with Gasteiger partial charge in [0.15, 0.2) is 15.5 Å². The highest BCUT2D eigenvalue weighted by atomic mass is 32.2. The molecule has 1 aromatic carbocycles. The van der Waals surface area contributed by atoms with Gasteiger partial charge in [-0.1, -0.05) is 0 Å². The third-order valence-corrected chi connectivity index (χ3v) is 5.00. The van der Waals surface area contributed by atoms with E-state index >= 15 is 0 Å². The average molecular weight is 353 g/mol. The van der Waals surface area contributed by atoms with Crippen molar-refractivity contribution >= 4 is 21.4 Å². The lowest BCUT2D eigenvalue weighted by Crippen LogP contribution is -2.49. The molecule has 128 valence electrons. The number of aromatic amines is 1. The maximum atomic E-state index is 14.2. The fourth-order valence-electron chi connectivity index (χ4n) is 2.59. The van der Waals surface area contributed by atoms with Crippen LogP contribution in [-0.4, -0.2) is 67.1 Å². The highest BCUT2D eigenvalue weighted by Crippen LogP contribution is 2.24. The molecule has 3 rings (SSSR count). The molecule has 2 aromatic rings. The predicted molar refractivity (Wildman–Crippen MR) is 84.0 cm³/mol. The molecule has 1 amide bonds. The number of H-pyrrole nitrogens is 1. The lowest BCUT2D eigenvalue weighted by Gasteiger charge is -2.35. The standard InChI is InChI=1S/C14H16FN5O3S/c1-24(22,23)10-2-3-13(11(15)8-10)19-4-6-20(7-5-19)14(21)12-9-16-18-17-12/h2-3,8-9H,4-7H2,1H3,(H,16,17,18). The number of carbonyl (C=O) groups excluding carboxylic acids is 1. The van der Waals surface area contributed by atoms with Crippen molar-refractivity contribution in [3.8, 4) is 0 Å². The van der Waals surface area contributed by atoms with Crippen LogP contribution in [0.1, 0.15) is 10.5 Å². The molecule has 0 spiro atoms. The van der Waals surface area contributed by atoms with Crippen molar-refractivity contribution < 1.29 is 17.6 Å². The summed E-state index contributed by atoms with van der Waals surface area (Å²) in [5.41, 5.74) is 0.572. The maximum Gasteiger partial charge on any atom is 0.276 e. The number of piperazine rings is 1. The van der Waals surface area contributed by atoms with Gasteiger partial charge in [0.1, 0.15) is 5.82 Å². The number of hydrogen-bond acceptors (Lipinski definition) is 6. The fourth-order valence-corrected chi connectivity index (χ4v) is 3.22. The number of anilines is 1. The van der Waals surface area contributed by atoms with Gasteiger partial charge in [0.2, 0.25) is 0 Å². The van der Waals surface area contributed by atoms with Crippen LogP contribution in [0, 0.1) is 5.82 Å². The Morgan fingerprint density at radius 2 is 1.96 bits per heavy atom. The van der Waals surface area contributed by atoms with E-state index in [2.05, 4.69) is 15.4 Å². The van der Waals surface area contributed by atoms with Gasteiger partial charge in [0.25, 0.3) is 5.91 Å². The zero-order valence-electron chi connectivity index (χ0n) is 12.9. The number of rotatable bonds is 3. The van der Waals surface area contributed by atoms with Crippen LogP contribution in [0.5, 0.6) is 0 Å². The smallest absolute Gasteiger partial charge is 0.276 e. The average Bonchev–Trinajstić information content (AvgIpc) is 3.08. The van der Waals surface area contributed by atoms with Gasteiger partial charge >= 0.3 is 0 Å². The van der Waals surface area contributed by atoms with Crippen molar-refractivity contribution in [2.24, 2.45) is 0 Å². The van der Waals surface area contributed by atoms with Crippen molar-refractivity contribution in [2.45, 2.75) is 4.90 Å². The number of sulfone groups is 1. The summed E-state index contributed by atoms with van der Waals surface area (Å²) in [6, 6.07) is 3.87. The third kappa shape index (κ3) is 3.23. The van der Waals surface area contributed by atoms with Gasteiger partial charge in [-0.05, 0) is 18.2 Å². The first-order valence-electron chi connectivity index (χ1n) is 7.26. The van der Waals surface area contributed by atoms with Crippen molar-refractivity contribution in [1.82, 2.24) is 20.3 Å². The Bertz CT molecular complexity index is 845. The predicted octanol–water partition coefficient (Wildman–Crippen LogP) is 0.310. The summed E-state index contributed by atoms with van der Waals surface area (Å²) in [6.07, 6.45) is 2.40. The van der Waals surface area contributed by atoms with Crippen molar-refractivity contribution in [1.29, 1.82) is 0 Å². The molecule has 1 saturated heterocycles. The van der Waals surface area contributed by atoms with Crippen LogP contribution >= 0.6 is 0 Å². The molecule has 10 heteroatoms. The first kappa shape index (κ1) is 16.4. The van der Waals surface area contributed by atoms with Crippen LogP contribution in [-0.2, 0) is 9.84 Å². The second-order valence-corrected chi connectivity index (χ2v) is 7.54. The van der Waals surface area contributed by atoms with E-state index in [1.807, 2.05) is 0 Å². The van der Waals surface area contributed by atoms with E-state index in [0.717, 1.165) is 12.3 Å². The van der Waals surface area contributed by atoms with Gasteiger partial charge in [-0.25, -0.2) is 12.8 Å². The quantitative estimate of drug-likeness (QED) is 0.853. The van der Waals surface area contributed by atoms with Crippen LogP contribution in [0.3, 0.4) is 0 Å². The largest absolute Gasteiger partial charge is 0.366 e. The number of nitrogens with one attached hydrogen (secondary N) is 1. The summed E-state index contributed by atoms with van der Waals surface area (Å²) in [4.78, 5) is 15.5. The van der Waals surface area contributed by atoms with Crippen LogP contribution in [0.4, 0.5) is 10.1 Å². The minimum atomic E-state index is -3.45. The van der Waals surface area contributed by atoms with E-state index in [1.165, 1.54) is 18.3 Å². The monoisotopic (exact) mass is 353 g/mol. The van der Waals surface area contributed by atoms with E-state index < -0.39 is 15.7 Å². The molecular weight excluding hydrogens is 337 g/mol. The number of amides is 1. The number of nitrogens with zero attached hydrogens (tertiary/aromatic N) is 4. The molecule has 1 N–H and O–H groups in total. The molecule has 0 unspecified atom stereocenters. The molecule has 1 aliphatic rings. The zero-order valence-corrected chi connectivity index (χ0v) is 13.8. The molecule has 1 aliphatic heterocycles. The number of halogens is 1. The lowest BCUT2D eigenvalue weighted by atomic mass is 10.2. The van der Waals surface area contributed by atoms with E-state index in [1.54, 1.807) is 9.80 Å². The van der Waals surface area contributed by atoms with Crippen LogP contribution in [0.15, 0.2) is 29.3 Å². The van der Waals surface area contributed by atoms with E-state index in [4.69, 9.17) is 0 Å². The Hall–Kier alpha value is -2.49. The molecule has 0 atom stereocenters. The SMILES string of the molecule is CS(=O)(=O)c1ccc(N2CCN(C(=O)c3cn[nH]n3)CC2)c(F)c1. The summed E-state index contributed by atoms with van der Waals surface area (Å²) < 4.78 is 37.2. The van der Waals surface area contributed by atoms with Gasteiger partial charge in [0.05, 0.1) is 16.8 Å². The summed E-state index contributed by atoms with van der Waals surface area (Å²) >= 11 is 0. The Labute approximate surface area is 138 Å². The van der Waals surface area contributed by atoms with Gasteiger partial charge in [-0.15, -0.1) is 0 Å². The van der Waals surface area contributed by atoms with Crippen LogP contribution in [0.25, 0.3) is 0 Å². The Morgan fingerprint density at radius 1 is 1.25 bits per heavy atom. The zero-order chi connectivity index (χ0) is 17.3. The Balaban J connectivity index is 1.70. The van der Waals surface area contributed by atoms with Crippen molar-refractivity contribution in [3.63, 3.8) is 0 Å². The number of aromatic nitrogens is 3. The molecule has 0 aliphatic carbocycles. The molecule has 1 fully saturated rings. The molecule has 0 radical (unpaired) electrons. The lowest BCUT2D eigenvalue weighted by molar-refractivity contribution is 0.0740. The van der Waals surface area contributed by atoms with Crippen molar-refractivity contribution in [2.75, 3.05) is 37.3 Å². The number of benzene rings is 1. The van der Waals surface area contributed by atoms with E-state index in [0.29, 0.717) is 31.9 Å². The first-order chi connectivity index (χ1) is 11.4. The van der Waals surface area contributed by atoms with Gasteiger partial charge in [-0.2, -0.15) is 15.4 Å². The Kier molecular flexibility index (Phi) is 4.22. The summed E-state index contributed by atoms with van der Waals surface area (Å²) in [7, 11) is -3.45. The molecular formula is C14H16FN5O3S. The molecule has 0 bridgehead atoms. The van der Waals surface area contributed by atoms with Crippen LogP contribution < -0.4 is 4.90 Å². The third-order valence-electron chi connectivity index (χ3n) is 3.89. The number of carbonyl (C=O) groups is 1. The topological polar surface area (TPSA) is 99.3 Å². The van der Waals surface area contributed by atoms with E-state index in [9.17, 15) is 17.6 Å². The first-order valence-corrected chi connectivity index (χ1v) is 9.15. The molecule has 0 saturated carbocycles. The minimum absolute atomic E-state index is 0.0522. The summed E-state index contributed by atoms with van der Waals surface area (Å²) in [5.74, 6) is -0.814. The normalized spacial score (nSPS) is 15.6. The Morgan fingerprint density at radius 3 is 2.50 bits per heavy atom. The highest BCUT2D eigenvalue weighted by molar-refractivity contribution is 7.90.